The molecule has 2 rings (SSSR count). The molecule has 0 saturated heterocycles. The molecule has 0 unspecified atom stereocenters. The van der Waals surface area contributed by atoms with E-state index in [1.807, 2.05) is 43.3 Å². The summed E-state index contributed by atoms with van der Waals surface area (Å²) in [6.45, 7) is 4.09. The van der Waals surface area contributed by atoms with Gasteiger partial charge in [-0.2, -0.15) is 0 Å². The maximum Gasteiger partial charge on any atom is 0.200 e. The number of benzene rings is 2. The van der Waals surface area contributed by atoms with Gasteiger partial charge in [-0.3, -0.25) is 4.79 Å². The lowest BCUT2D eigenvalue weighted by Gasteiger charge is -2.08. The highest BCUT2D eigenvalue weighted by Crippen LogP contribution is 2.25. The predicted octanol–water partition coefficient (Wildman–Crippen LogP) is 4.86. The van der Waals surface area contributed by atoms with Crippen LogP contribution in [0.1, 0.15) is 34.8 Å². The van der Waals surface area contributed by atoms with E-state index in [2.05, 4.69) is 6.92 Å². The minimum Gasteiger partial charge on any atom is -0.484 e. The van der Waals surface area contributed by atoms with E-state index in [9.17, 15) is 4.79 Å². The minimum atomic E-state index is -0.0457. The molecule has 0 spiro atoms. The molecule has 0 bridgehead atoms. The minimum absolute atomic E-state index is 0.00367. The second-order valence-corrected chi connectivity index (χ2v) is 5.50. The number of ketones is 1. The molecule has 2 aromatic rings. The molecule has 0 N–H and O–H groups in total. The Hall–Kier alpha value is -1.80. The average Bonchev–Trinajstić information content (AvgIpc) is 2.49. The van der Waals surface area contributed by atoms with Gasteiger partial charge >= 0.3 is 0 Å². The third-order valence-corrected chi connectivity index (χ3v) is 3.57. The van der Waals surface area contributed by atoms with Crippen LogP contribution < -0.4 is 4.74 Å². The van der Waals surface area contributed by atoms with E-state index in [1.165, 1.54) is 5.56 Å². The van der Waals surface area contributed by atoms with E-state index < -0.39 is 0 Å². The number of carbonyl (C=O) groups is 1. The van der Waals surface area contributed by atoms with E-state index in [4.69, 9.17) is 16.3 Å². The highest BCUT2D eigenvalue weighted by molar-refractivity contribution is 6.32. The molecular weight excluding hydrogens is 284 g/mol. The Balaban J connectivity index is 1.99. The first-order valence-electron chi connectivity index (χ1n) is 7.11. The standard InChI is InChI=1S/C18H19ClO2/c1-3-4-14-6-8-15(9-7-14)17(20)12-21-18-11-13(2)5-10-16(18)19/h5-11H,3-4,12H2,1-2H3. The van der Waals surface area contributed by atoms with Crippen molar-refractivity contribution in [3.05, 3.63) is 64.2 Å². The maximum absolute atomic E-state index is 12.1. The topological polar surface area (TPSA) is 26.3 Å². The first kappa shape index (κ1) is 15.6. The normalized spacial score (nSPS) is 10.4. The van der Waals surface area contributed by atoms with Crippen LogP contribution in [0.4, 0.5) is 0 Å². The SMILES string of the molecule is CCCc1ccc(C(=O)COc2cc(C)ccc2Cl)cc1. The van der Waals surface area contributed by atoms with E-state index in [-0.39, 0.29) is 12.4 Å². The summed E-state index contributed by atoms with van der Waals surface area (Å²) in [7, 11) is 0. The Labute approximate surface area is 130 Å². The van der Waals surface area contributed by atoms with Crippen LogP contribution in [0.25, 0.3) is 0 Å². The van der Waals surface area contributed by atoms with Gasteiger partial charge in [0.15, 0.2) is 12.4 Å². The number of rotatable bonds is 6. The van der Waals surface area contributed by atoms with Gasteiger partial charge in [-0.25, -0.2) is 0 Å². The summed E-state index contributed by atoms with van der Waals surface area (Å²) in [5.74, 6) is 0.503. The lowest BCUT2D eigenvalue weighted by atomic mass is 10.1. The van der Waals surface area contributed by atoms with Crippen molar-refractivity contribution in [1.29, 1.82) is 0 Å². The molecular formula is C18H19ClO2. The summed E-state index contributed by atoms with van der Waals surface area (Å²) in [4.78, 5) is 12.1. The van der Waals surface area contributed by atoms with Crippen LogP contribution in [0.15, 0.2) is 42.5 Å². The monoisotopic (exact) mass is 302 g/mol. The summed E-state index contributed by atoms with van der Waals surface area (Å²) in [6.07, 6.45) is 2.13. The molecule has 2 nitrogen and oxygen atoms in total. The summed E-state index contributed by atoms with van der Waals surface area (Å²) >= 11 is 6.04. The van der Waals surface area contributed by atoms with Crippen molar-refractivity contribution in [1.82, 2.24) is 0 Å². The van der Waals surface area contributed by atoms with Crippen molar-refractivity contribution < 1.29 is 9.53 Å². The van der Waals surface area contributed by atoms with Gasteiger partial charge < -0.3 is 4.74 Å². The molecule has 0 atom stereocenters. The molecule has 110 valence electrons. The average molecular weight is 303 g/mol. The fraction of sp³-hybridized carbons (Fsp3) is 0.278. The zero-order valence-corrected chi connectivity index (χ0v) is 13.1. The number of hydrogen-bond donors (Lipinski definition) is 0. The fourth-order valence-electron chi connectivity index (χ4n) is 2.09. The van der Waals surface area contributed by atoms with Crippen molar-refractivity contribution in [3.63, 3.8) is 0 Å². The highest BCUT2D eigenvalue weighted by Gasteiger charge is 2.09. The molecule has 0 aliphatic rings. The Kier molecular flexibility index (Phi) is 5.40. The van der Waals surface area contributed by atoms with Gasteiger partial charge in [-0.15, -0.1) is 0 Å². The molecule has 0 aliphatic heterocycles. The van der Waals surface area contributed by atoms with Gasteiger partial charge in [0.25, 0.3) is 0 Å². The van der Waals surface area contributed by atoms with Gasteiger partial charge in [0.2, 0.25) is 0 Å². The molecule has 21 heavy (non-hydrogen) atoms. The second-order valence-electron chi connectivity index (χ2n) is 5.09. The van der Waals surface area contributed by atoms with E-state index in [0.717, 1.165) is 18.4 Å². The summed E-state index contributed by atoms with van der Waals surface area (Å²) in [5.41, 5.74) is 2.96. The molecule has 0 aliphatic carbocycles. The number of aryl methyl sites for hydroxylation is 2. The van der Waals surface area contributed by atoms with E-state index >= 15 is 0 Å². The second kappa shape index (κ2) is 7.28. The largest absolute Gasteiger partial charge is 0.484 e. The molecule has 0 radical (unpaired) electrons. The van der Waals surface area contributed by atoms with E-state index in [1.54, 1.807) is 6.07 Å². The first-order valence-corrected chi connectivity index (χ1v) is 7.49. The van der Waals surface area contributed by atoms with Crippen LogP contribution in [0.2, 0.25) is 5.02 Å². The van der Waals surface area contributed by atoms with Gasteiger partial charge in [0, 0.05) is 5.56 Å². The quantitative estimate of drug-likeness (QED) is 0.712. The number of hydrogen-bond acceptors (Lipinski definition) is 2. The third kappa shape index (κ3) is 4.33. The smallest absolute Gasteiger partial charge is 0.200 e. The van der Waals surface area contributed by atoms with Crippen LogP contribution >= 0.6 is 11.6 Å². The van der Waals surface area contributed by atoms with Crippen molar-refractivity contribution in [2.75, 3.05) is 6.61 Å². The fourth-order valence-corrected chi connectivity index (χ4v) is 2.27. The van der Waals surface area contributed by atoms with Crippen molar-refractivity contribution in [2.45, 2.75) is 26.7 Å². The third-order valence-electron chi connectivity index (χ3n) is 3.26. The summed E-state index contributed by atoms with van der Waals surface area (Å²) in [6, 6.07) is 13.2. The molecule has 0 heterocycles. The van der Waals surface area contributed by atoms with Gasteiger partial charge in [0.05, 0.1) is 5.02 Å². The lowest BCUT2D eigenvalue weighted by Crippen LogP contribution is -2.11. The zero-order valence-electron chi connectivity index (χ0n) is 12.4. The Morgan fingerprint density at radius 3 is 2.52 bits per heavy atom. The molecule has 2 aromatic carbocycles. The van der Waals surface area contributed by atoms with Crippen LogP contribution in [0, 0.1) is 6.92 Å². The number of carbonyl (C=O) groups excluding carboxylic acids is 1. The molecule has 0 fully saturated rings. The number of Topliss-reactive ketones (excluding diaryl/α,β-unsaturated/α-hetero) is 1. The maximum atomic E-state index is 12.1. The Morgan fingerprint density at radius 1 is 1.14 bits per heavy atom. The molecule has 0 saturated carbocycles. The number of halogens is 1. The van der Waals surface area contributed by atoms with Crippen LogP contribution in [-0.4, -0.2) is 12.4 Å². The molecule has 0 aromatic heterocycles. The molecule has 0 amide bonds. The summed E-state index contributed by atoms with van der Waals surface area (Å²) < 4.78 is 5.53. The van der Waals surface area contributed by atoms with Gasteiger partial charge in [-0.1, -0.05) is 55.3 Å². The number of ether oxygens (including phenoxy) is 1. The highest BCUT2D eigenvalue weighted by atomic mass is 35.5. The zero-order chi connectivity index (χ0) is 15.2. The molecule has 3 heteroatoms. The van der Waals surface area contributed by atoms with Crippen molar-refractivity contribution in [3.8, 4) is 5.75 Å². The van der Waals surface area contributed by atoms with E-state index in [0.29, 0.717) is 16.3 Å². The van der Waals surface area contributed by atoms with Crippen molar-refractivity contribution >= 4 is 17.4 Å². The van der Waals surface area contributed by atoms with Crippen LogP contribution in [0.3, 0.4) is 0 Å². The van der Waals surface area contributed by atoms with Gasteiger partial charge in [0.1, 0.15) is 5.75 Å². The van der Waals surface area contributed by atoms with Crippen molar-refractivity contribution in [2.24, 2.45) is 0 Å². The summed E-state index contributed by atoms with van der Waals surface area (Å²) in [5, 5.41) is 0.520. The van der Waals surface area contributed by atoms with Crippen LogP contribution in [0.5, 0.6) is 5.75 Å². The Bertz CT molecular complexity index is 618. The van der Waals surface area contributed by atoms with Gasteiger partial charge in [-0.05, 0) is 36.6 Å². The predicted molar refractivity (Wildman–Crippen MR) is 86.5 cm³/mol. The van der Waals surface area contributed by atoms with Crippen LogP contribution in [-0.2, 0) is 6.42 Å². The first-order chi connectivity index (χ1) is 10.1. The lowest BCUT2D eigenvalue weighted by molar-refractivity contribution is 0.0921. The Morgan fingerprint density at radius 2 is 1.86 bits per heavy atom.